The van der Waals surface area contributed by atoms with E-state index < -0.39 is 32.8 Å². The zero-order chi connectivity index (χ0) is 25.4. The van der Waals surface area contributed by atoms with Crippen LogP contribution in [0.1, 0.15) is 31.2 Å². The normalized spacial score (nSPS) is 13.7. The lowest BCUT2D eigenvalue weighted by molar-refractivity contribution is -0.308. The number of nitrogens with zero attached hydrogens (tertiary/aromatic N) is 6. The molecule has 1 aromatic heterocycles. The highest BCUT2D eigenvalue weighted by molar-refractivity contribution is 7.21. The van der Waals surface area contributed by atoms with Crippen LogP contribution in [0.2, 0.25) is 0 Å². The molecular formula is C21H25N8O5P. The molecule has 1 heterocycles. The molecule has 13 nitrogen and oxygen atoms in total. The molecule has 0 spiro atoms. The number of guanidine groups is 1. The largest absolute Gasteiger partial charge is 0.444 e. The monoisotopic (exact) mass is 500 g/mol. The van der Waals surface area contributed by atoms with Crippen molar-refractivity contribution in [1.29, 1.82) is 0 Å². The van der Waals surface area contributed by atoms with Crippen LogP contribution >= 0.6 is 8.61 Å². The molecule has 2 aromatic carbocycles. The van der Waals surface area contributed by atoms with Gasteiger partial charge in [0.15, 0.2) is 12.2 Å². The first-order chi connectivity index (χ1) is 16.7. The summed E-state index contributed by atoms with van der Waals surface area (Å²) < 4.78 is 25.1. The van der Waals surface area contributed by atoms with Crippen molar-refractivity contribution in [2.24, 2.45) is 22.4 Å². The number of rotatable bonds is 10. The van der Waals surface area contributed by atoms with Crippen LogP contribution in [0.15, 0.2) is 65.9 Å². The van der Waals surface area contributed by atoms with Gasteiger partial charge in [0.2, 0.25) is 0 Å². The third-order valence-corrected chi connectivity index (χ3v) is 5.43. The fourth-order valence-corrected chi connectivity index (χ4v) is 3.57. The molecule has 35 heavy (non-hydrogen) atoms. The SMILES string of the molecule is CC(C)C(O)(OC(c1cccc(N=C(N)N)c1)n1cnnn1)N(P=O)C(=O)OCc1ccccc1. The van der Waals surface area contributed by atoms with Crippen molar-refractivity contribution in [3.05, 3.63) is 72.1 Å². The standard InChI is InChI=1S/C21H25N8O5P/c1-14(2)21(31,29(35-32)20(30)33-12-15-7-4-3-5-8-15)34-18(28-13-24-26-27-28)16-9-6-10-17(11-16)25-19(22)23/h3-11,13-14,18,31H,12H2,1-2H3,(H4,22,23,25). The highest BCUT2D eigenvalue weighted by Gasteiger charge is 2.47. The van der Waals surface area contributed by atoms with Crippen LogP contribution in [0.25, 0.3) is 0 Å². The summed E-state index contributed by atoms with van der Waals surface area (Å²) in [5.41, 5.74) is 12.5. The first-order valence-corrected chi connectivity index (χ1v) is 11.2. The number of nitrogens with two attached hydrogens (primary N) is 2. The quantitative estimate of drug-likeness (QED) is 0.161. The number of tetrazole rings is 1. The molecule has 2 unspecified atom stereocenters. The topological polar surface area (TPSA) is 184 Å². The van der Waals surface area contributed by atoms with Crippen molar-refractivity contribution in [3.8, 4) is 0 Å². The summed E-state index contributed by atoms with van der Waals surface area (Å²) in [6.07, 6.45) is -0.977. The Labute approximate surface area is 202 Å². The van der Waals surface area contributed by atoms with Gasteiger partial charge < -0.3 is 26.0 Å². The van der Waals surface area contributed by atoms with Gasteiger partial charge in [-0.05, 0) is 28.1 Å². The second-order valence-corrected chi connectivity index (χ2v) is 8.20. The van der Waals surface area contributed by atoms with Crippen LogP contribution in [0.3, 0.4) is 0 Å². The average Bonchev–Trinajstić information content (AvgIpc) is 3.36. The molecule has 0 aliphatic rings. The summed E-state index contributed by atoms with van der Waals surface area (Å²) in [6.45, 7) is 3.06. The second kappa shape index (κ2) is 11.5. The predicted molar refractivity (Wildman–Crippen MR) is 125 cm³/mol. The number of amides is 1. The maximum Gasteiger partial charge on any atom is 0.424 e. The highest BCUT2D eigenvalue weighted by Crippen LogP contribution is 2.36. The molecule has 184 valence electrons. The molecule has 3 aromatic rings. The first kappa shape index (κ1) is 25.7. The molecule has 0 saturated carbocycles. The number of aromatic nitrogens is 4. The predicted octanol–water partition coefficient (Wildman–Crippen LogP) is 2.29. The van der Waals surface area contributed by atoms with Crippen molar-refractivity contribution in [2.45, 2.75) is 32.6 Å². The van der Waals surface area contributed by atoms with Crippen molar-refractivity contribution >= 4 is 26.4 Å². The van der Waals surface area contributed by atoms with Gasteiger partial charge in [-0.25, -0.2) is 14.4 Å². The summed E-state index contributed by atoms with van der Waals surface area (Å²) in [4.78, 5) is 16.8. The molecule has 14 heteroatoms. The number of benzene rings is 2. The minimum atomic E-state index is -2.40. The van der Waals surface area contributed by atoms with Crippen molar-refractivity contribution in [2.75, 3.05) is 0 Å². The Bertz CT molecular complexity index is 1160. The number of carbonyl (C=O) groups excluding carboxylic acids is 1. The van der Waals surface area contributed by atoms with Crippen LogP contribution in [0.4, 0.5) is 10.5 Å². The average molecular weight is 500 g/mol. The molecule has 0 aliphatic heterocycles. The summed E-state index contributed by atoms with van der Waals surface area (Å²) >= 11 is 0. The Morgan fingerprint density at radius 2 is 1.97 bits per heavy atom. The zero-order valence-corrected chi connectivity index (χ0v) is 19.9. The van der Waals surface area contributed by atoms with E-state index in [4.69, 9.17) is 20.9 Å². The smallest absolute Gasteiger partial charge is 0.424 e. The van der Waals surface area contributed by atoms with Gasteiger partial charge in [0.25, 0.3) is 14.5 Å². The number of hydrogen-bond acceptors (Lipinski definition) is 9. The van der Waals surface area contributed by atoms with Gasteiger partial charge in [-0.2, -0.15) is 9.35 Å². The molecule has 1 amide bonds. The first-order valence-electron chi connectivity index (χ1n) is 10.4. The van der Waals surface area contributed by atoms with Crippen molar-refractivity contribution < 1.29 is 23.9 Å². The minimum Gasteiger partial charge on any atom is -0.444 e. The van der Waals surface area contributed by atoms with Gasteiger partial charge in [0.1, 0.15) is 12.9 Å². The van der Waals surface area contributed by atoms with Crippen molar-refractivity contribution in [3.63, 3.8) is 0 Å². The van der Waals surface area contributed by atoms with E-state index in [1.165, 1.54) is 11.0 Å². The van der Waals surface area contributed by atoms with Crippen molar-refractivity contribution in [1.82, 2.24) is 24.9 Å². The summed E-state index contributed by atoms with van der Waals surface area (Å²) in [6, 6.07) is 15.5. The molecule has 0 bridgehead atoms. The lowest BCUT2D eigenvalue weighted by atomic mass is 10.1. The Hall–Kier alpha value is -3.93. The molecule has 3 rings (SSSR count). The van der Waals surface area contributed by atoms with E-state index in [-0.39, 0.29) is 12.6 Å². The van der Waals surface area contributed by atoms with Crippen LogP contribution in [0, 0.1) is 5.92 Å². The van der Waals surface area contributed by atoms with E-state index in [2.05, 4.69) is 20.5 Å². The number of aliphatic imine (C=N–C) groups is 1. The fourth-order valence-electron chi connectivity index (χ4n) is 3.05. The maximum absolute atomic E-state index is 12.8. The summed E-state index contributed by atoms with van der Waals surface area (Å²) in [7, 11) is -0.856. The van der Waals surface area contributed by atoms with Crippen LogP contribution in [0.5, 0.6) is 0 Å². The number of carbonyl (C=O) groups is 1. The van der Waals surface area contributed by atoms with E-state index in [1.807, 2.05) is 6.07 Å². The molecular weight excluding hydrogens is 475 g/mol. The zero-order valence-electron chi connectivity index (χ0n) is 19.0. The van der Waals surface area contributed by atoms with E-state index >= 15 is 0 Å². The van der Waals surface area contributed by atoms with Gasteiger partial charge in [-0.1, -0.05) is 56.3 Å². The minimum absolute atomic E-state index is 0.100. The molecule has 0 saturated heterocycles. The number of hydrogen-bond donors (Lipinski definition) is 3. The number of ether oxygens (including phenoxy) is 2. The van der Waals surface area contributed by atoms with Crippen LogP contribution < -0.4 is 11.5 Å². The molecule has 0 radical (unpaired) electrons. The van der Waals surface area contributed by atoms with Gasteiger partial charge in [-0.3, -0.25) is 0 Å². The maximum atomic E-state index is 12.8. The van der Waals surface area contributed by atoms with Gasteiger partial charge in [0.05, 0.1) is 5.69 Å². The Morgan fingerprint density at radius 1 is 1.23 bits per heavy atom. The Kier molecular flexibility index (Phi) is 8.42. The lowest BCUT2D eigenvalue weighted by Crippen LogP contribution is -2.54. The summed E-state index contributed by atoms with van der Waals surface area (Å²) in [5, 5.41) is 22.6. The Morgan fingerprint density at radius 3 is 2.57 bits per heavy atom. The summed E-state index contributed by atoms with van der Waals surface area (Å²) in [5.74, 6) is -3.33. The number of aliphatic hydroxyl groups is 1. The molecule has 0 aliphatic carbocycles. The van der Waals surface area contributed by atoms with Crippen LogP contribution in [-0.2, 0) is 20.6 Å². The fraction of sp³-hybridized carbons (Fsp3) is 0.286. The molecule has 2 atom stereocenters. The third-order valence-electron chi connectivity index (χ3n) is 4.82. The van der Waals surface area contributed by atoms with E-state index in [9.17, 15) is 14.5 Å². The highest BCUT2D eigenvalue weighted by atomic mass is 31.1. The van der Waals surface area contributed by atoms with E-state index in [0.29, 0.717) is 21.5 Å². The molecule has 0 fully saturated rings. The van der Waals surface area contributed by atoms with Gasteiger partial charge in [0, 0.05) is 11.5 Å². The molecule has 5 N–H and O–H groups in total. The van der Waals surface area contributed by atoms with Gasteiger partial charge >= 0.3 is 6.09 Å². The second-order valence-electron chi connectivity index (χ2n) is 7.64. The lowest BCUT2D eigenvalue weighted by Gasteiger charge is -2.39. The van der Waals surface area contributed by atoms with Gasteiger partial charge in [-0.15, -0.1) is 5.10 Å². The van der Waals surface area contributed by atoms with E-state index in [1.54, 1.807) is 62.4 Å². The Balaban J connectivity index is 1.93. The third kappa shape index (κ3) is 6.35. The van der Waals surface area contributed by atoms with Crippen LogP contribution in [-0.4, -0.2) is 47.9 Å². The van der Waals surface area contributed by atoms with E-state index in [0.717, 1.165) is 0 Å².